The number of nitrogens with one attached hydrogen (secondary N) is 1. The molecule has 0 saturated carbocycles. The first kappa shape index (κ1) is 9.00. The number of piperidine rings is 1. The Labute approximate surface area is 88.0 Å². The van der Waals surface area contributed by atoms with Crippen LogP contribution in [0, 0.1) is 0 Å². The number of rotatable bonds is 0. The van der Waals surface area contributed by atoms with Crippen LogP contribution in [0.15, 0.2) is 18.2 Å². The van der Waals surface area contributed by atoms with Crippen molar-refractivity contribution in [3.05, 3.63) is 23.8 Å². The molecule has 80 valence electrons. The van der Waals surface area contributed by atoms with Gasteiger partial charge in [-0.25, -0.2) is 0 Å². The fourth-order valence-electron chi connectivity index (χ4n) is 2.41. The number of ether oxygens (including phenoxy) is 1. The Balaban J connectivity index is 1.95. The Morgan fingerprint density at radius 3 is 3.13 bits per heavy atom. The van der Waals surface area contributed by atoms with Gasteiger partial charge in [0.05, 0.1) is 0 Å². The number of aliphatic hydroxyl groups excluding tert-OH is 1. The molecule has 1 aromatic rings. The number of fused-ring (bicyclic) bond motifs is 3. The molecule has 4 nitrogen and oxygen atoms in total. The fourth-order valence-corrected chi connectivity index (χ4v) is 2.41. The summed E-state index contributed by atoms with van der Waals surface area (Å²) in [6.45, 7) is 0. The molecular weight excluding hydrogens is 192 g/mol. The van der Waals surface area contributed by atoms with Gasteiger partial charge in [-0.15, -0.1) is 0 Å². The standard InChI is InChI=1S/C11H14N2O2/c12-6-1-2-7-8-3-4-10(14)13-11(8)15-9(7)5-6/h1-2,5,8,10-11,13-14H,3-4,12H2. The van der Waals surface area contributed by atoms with Crippen LogP contribution in [0.25, 0.3) is 0 Å². The van der Waals surface area contributed by atoms with Crippen molar-refractivity contribution in [1.29, 1.82) is 0 Å². The highest BCUT2D eigenvalue weighted by Gasteiger charge is 2.38. The molecule has 15 heavy (non-hydrogen) atoms. The summed E-state index contributed by atoms with van der Waals surface area (Å²) < 4.78 is 5.71. The minimum Gasteiger partial charge on any atom is -0.474 e. The van der Waals surface area contributed by atoms with E-state index in [-0.39, 0.29) is 6.23 Å². The van der Waals surface area contributed by atoms with Crippen LogP contribution in [0.1, 0.15) is 24.3 Å². The molecule has 0 spiro atoms. The van der Waals surface area contributed by atoms with E-state index in [9.17, 15) is 5.11 Å². The van der Waals surface area contributed by atoms with E-state index in [2.05, 4.69) is 5.32 Å². The van der Waals surface area contributed by atoms with Gasteiger partial charge in [0.15, 0.2) is 6.23 Å². The molecule has 2 aliphatic rings. The second-order valence-electron chi connectivity index (χ2n) is 4.20. The summed E-state index contributed by atoms with van der Waals surface area (Å²) in [7, 11) is 0. The van der Waals surface area contributed by atoms with Gasteiger partial charge in [-0.3, -0.25) is 5.32 Å². The molecule has 0 amide bonds. The largest absolute Gasteiger partial charge is 0.474 e. The van der Waals surface area contributed by atoms with Gasteiger partial charge in [0, 0.05) is 23.2 Å². The molecule has 0 aromatic heterocycles. The van der Waals surface area contributed by atoms with Crippen LogP contribution in [0.2, 0.25) is 0 Å². The molecule has 2 aliphatic heterocycles. The topological polar surface area (TPSA) is 67.5 Å². The molecule has 3 atom stereocenters. The van der Waals surface area contributed by atoms with Gasteiger partial charge in [-0.2, -0.15) is 0 Å². The minimum absolute atomic E-state index is 0.0921. The van der Waals surface area contributed by atoms with Gasteiger partial charge < -0.3 is 15.6 Å². The average molecular weight is 206 g/mol. The Kier molecular flexibility index (Phi) is 1.87. The number of aliphatic hydroxyl groups is 1. The maximum Gasteiger partial charge on any atom is 0.159 e. The van der Waals surface area contributed by atoms with Gasteiger partial charge in [-0.1, -0.05) is 6.07 Å². The maximum absolute atomic E-state index is 9.47. The molecule has 4 N–H and O–H groups in total. The lowest BCUT2D eigenvalue weighted by Crippen LogP contribution is -2.47. The fraction of sp³-hybridized carbons (Fsp3) is 0.455. The van der Waals surface area contributed by atoms with Crippen molar-refractivity contribution in [2.75, 3.05) is 5.73 Å². The molecule has 0 aliphatic carbocycles. The van der Waals surface area contributed by atoms with Gasteiger partial charge >= 0.3 is 0 Å². The molecule has 1 saturated heterocycles. The summed E-state index contributed by atoms with van der Waals surface area (Å²) in [6.07, 6.45) is 1.19. The summed E-state index contributed by atoms with van der Waals surface area (Å²) in [4.78, 5) is 0. The lowest BCUT2D eigenvalue weighted by molar-refractivity contribution is 0.0184. The van der Waals surface area contributed by atoms with Crippen LogP contribution in [0.5, 0.6) is 5.75 Å². The van der Waals surface area contributed by atoms with Crippen molar-refractivity contribution in [1.82, 2.24) is 5.32 Å². The van der Waals surface area contributed by atoms with Crippen LogP contribution in [-0.2, 0) is 0 Å². The highest BCUT2D eigenvalue weighted by Crippen LogP contribution is 2.42. The lowest BCUT2D eigenvalue weighted by Gasteiger charge is -2.29. The smallest absolute Gasteiger partial charge is 0.159 e. The van der Waals surface area contributed by atoms with Crippen LogP contribution in [0.3, 0.4) is 0 Å². The van der Waals surface area contributed by atoms with E-state index in [0.717, 1.165) is 18.6 Å². The van der Waals surface area contributed by atoms with Crippen molar-refractivity contribution >= 4 is 5.69 Å². The van der Waals surface area contributed by atoms with E-state index in [1.165, 1.54) is 5.56 Å². The summed E-state index contributed by atoms with van der Waals surface area (Å²) in [6, 6.07) is 5.77. The number of nitrogens with two attached hydrogens (primary N) is 1. The van der Waals surface area contributed by atoms with Crippen molar-refractivity contribution in [3.8, 4) is 5.75 Å². The van der Waals surface area contributed by atoms with Crippen LogP contribution >= 0.6 is 0 Å². The molecule has 3 unspecified atom stereocenters. The van der Waals surface area contributed by atoms with Gasteiger partial charge in [0.1, 0.15) is 12.0 Å². The first-order valence-electron chi connectivity index (χ1n) is 5.24. The monoisotopic (exact) mass is 206 g/mol. The Bertz CT molecular complexity index is 394. The zero-order valence-electron chi connectivity index (χ0n) is 8.31. The highest BCUT2D eigenvalue weighted by molar-refractivity contribution is 5.52. The van der Waals surface area contributed by atoms with E-state index < -0.39 is 6.23 Å². The second kappa shape index (κ2) is 3.12. The summed E-state index contributed by atoms with van der Waals surface area (Å²) >= 11 is 0. The summed E-state index contributed by atoms with van der Waals surface area (Å²) in [5, 5.41) is 12.5. The predicted molar refractivity (Wildman–Crippen MR) is 56.4 cm³/mol. The van der Waals surface area contributed by atoms with Crippen molar-refractivity contribution in [2.24, 2.45) is 0 Å². The summed E-state index contributed by atoms with van der Waals surface area (Å²) in [5.74, 6) is 1.20. The number of hydrogen-bond donors (Lipinski definition) is 3. The first-order chi connectivity index (χ1) is 7.24. The van der Waals surface area contributed by atoms with E-state index >= 15 is 0 Å². The van der Waals surface area contributed by atoms with Crippen molar-refractivity contribution in [2.45, 2.75) is 31.2 Å². The number of nitrogen functional groups attached to an aromatic ring is 1. The lowest BCUT2D eigenvalue weighted by atomic mass is 9.91. The molecule has 3 rings (SSSR count). The normalized spacial score (nSPS) is 33.0. The quantitative estimate of drug-likeness (QED) is 0.548. The minimum atomic E-state index is -0.446. The SMILES string of the molecule is Nc1ccc2c(c1)OC1NC(O)CCC21. The molecule has 4 heteroatoms. The highest BCUT2D eigenvalue weighted by atomic mass is 16.5. The van der Waals surface area contributed by atoms with E-state index in [1.807, 2.05) is 18.2 Å². The van der Waals surface area contributed by atoms with Crippen molar-refractivity contribution < 1.29 is 9.84 Å². The second-order valence-corrected chi connectivity index (χ2v) is 4.20. The number of anilines is 1. The predicted octanol–water partition coefficient (Wildman–Crippen LogP) is 0.773. The van der Waals surface area contributed by atoms with Crippen LogP contribution in [-0.4, -0.2) is 17.6 Å². The third-order valence-electron chi connectivity index (χ3n) is 3.16. The first-order valence-corrected chi connectivity index (χ1v) is 5.24. The van der Waals surface area contributed by atoms with E-state index in [0.29, 0.717) is 11.6 Å². The van der Waals surface area contributed by atoms with Crippen LogP contribution in [0.4, 0.5) is 5.69 Å². The zero-order valence-corrected chi connectivity index (χ0v) is 8.31. The van der Waals surface area contributed by atoms with E-state index in [1.54, 1.807) is 0 Å². The third kappa shape index (κ3) is 1.37. The number of hydrogen-bond acceptors (Lipinski definition) is 4. The zero-order chi connectivity index (χ0) is 10.4. The Morgan fingerprint density at radius 2 is 2.27 bits per heavy atom. The van der Waals surface area contributed by atoms with E-state index in [4.69, 9.17) is 10.5 Å². The molecule has 2 heterocycles. The third-order valence-corrected chi connectivity index (χ3v) is 3.16. The molecule has 0 bridgehead atoms. The maximum atomic E-state index is 9.47. The molecule has 1 aromatic carbocycles. The molecular formula is C11H14N2O2. The Hall–Kier alpha value is -1.26. The van der Waals surface area contributed by atoms with Crippen molar-refractivity contribution in [3.63, 3.8) is 0 Å². The van der Waals surface area contributed by atoms with Gasteiger partial charge in [0.25, 0.3) is 0 Å². The molecule has 1 fully saturated rings. The average Bonchev–Trinajstić information content (AvgIpc) is 2.53. The molecule has 0 radical (unpaired) electrons. The summed E-state index contributed by atoms with van der Waals surface area (Å²) in [5.41, 5.74) is 7.62. The number of benzene rings is 1. The van der Waals surface area contributed by atoms with Gasteiger partial charge in [0.2, 0.25) is 0 Å². The van der Waals surface area contributed by atoms with Crippen LogP contribution < -0.4 is 15.8 Å². The van der Waals surface area contributed by atoms with Gasteiger partial charge in [-0.05, 0) is 18.9 Å². The Morgan fingerprint density at radius 1 is 1.40 bits per heavy atom.